The third kappa shape index (κ3) is 1.49. The van der Waals surface area contributed by atoms with E-state index in [0.717, 1.165) is 26.4 Å². The Bertz CT molecular complexity index is 490. The molecule has 14 heavy (non-hydrogen) atoms. The minimum absolute atomic E-state index is 0.0268. The first-order valence-electron chi connectivity index (χ1n) is 4.02. The van der Waals surface area contributed by atoms with E-state index in [1.54, 1.807) is 6.07 Å². The van der Waals surface area contributed by atoms with E-state index in [4.69, 9.17) is 5.11 Å². The zero-order chi connectivity index (χ0) is 10.1. The van der Waals surface area contributed by atoms with E-state index in [1.165, 1.54) is 11.3 Å². The fourth-order valence-corrected chi connectivity index (χ4v) is 3.27. The molecule has 0 aliphatic carbocycles. The van der Waals surface area contributed by atoms with Gasteiger partial charge in [-0.15, -0.1) is 11.3 Å². The molecule has 2 aromatic rings. The lowest BCUT2D eigenvalue weighted by atomic mass is 10.1. The molecule has 1 aromatic heterocycles. The summed E-state index contributed by atoms with van der Waals surface area (Å²) in [7, 11) is 0. The van der Waals surface area contributed by atoms with Gasteiger partial charge in [-0.05, 0) is 23.1 Å². The molecule has 4 heteroatoms. The van der Waals surface area contributed by atoms with Crippen LogP contribution in [0.1, 0.15) is 15.9 Å². The van der Waals surface area contributed by atoms with E-state index in [-0.39, 0.29) is 6.61 Å². The van der Waals surface area contributed by atoms with Gasteiger partial charge in [0.1, 0.15) is 6.29 Å². The number of aliphatic hydroxyl groups excluding tert-OH is 1. The molecule has 0 saturated heterocycles. The molecule has 1 N–H and O–H groups in total. The van der Waals surface area contributed by atoms with Crippen LogP contribution in [0.25, 0.3) is 10.1 Å². The molecular weight excluding hydrogens is 264 g/mol. The van der Waals surface area contributed by atoms with E-state index < -0.39 is 0 Å². The van der Waals surface area contributed by atoms with Crippen LogP contribution in [0.2, 0.25) is 0 Å². The van der Waals surface area contributed by atoms with Crippen molar-refractivity contribution in [2.45, 2.75) is 6.61 Å². The van der Waals surface area contributed by atoms with Crippen LogP contribution in [0, 0.1) is 0 Å². The number of hydrogen-bond acceptors (Lipinski definition) is 3. The van der Waals surface area contributed by atoms with Crippen molar-refractivity contribution in [3.8, 4) is 0 Å². The molecule has 72 valence electrons. The summed E-state index contributed by atoms with van der Waals surface area (Å²) in [6.45, 7) is 0.0268. The summed E-state index contributed by atoms with van der Waals surface area (Å²) in [5, 5.41) is 12.0. The van der Waals surface area contributed by atoms with Gasteiger partial charge in [-0.2, -0.15) is 0 Å². The van der Waals surface area contributed by atoms with Crippen LogP contribution in [-0.2, 0) is 6.61 Å². The Morgan fingerprint density at radius 1 is 1.50 bits per heavy atom. The molecule has 0 amide bonds. The highest BCUT2D eigenvalue weighted by Crippen LogP contribution is 2.33. The lowest BCUT2D eigenvalue weighted by Crippen LogP contribution is -1.83. The fraction of sp³-hybridized carbons (Fsp3) is 0.100. The summed E-state index contributed by atoms with van der Waals surface area (Å²) in [6.07, 6.45) is 0.822. The topological polar surface area (TPSA) is 37.3 Å². The highest BCUT2D eigenvalue weighted by molar-refractivity contribution is 9.10. The second-order valence-corrected chi connectivity index (χ2v) is 4.68. The van der Waals surface area contributed by atoms with Crippen LogP contribution >= 0.6 is 27.3 Å². The van der Waals surface area contributed by atoms with Crippen LogP contribution in [0.5, 0.6) is 0 Å². The first-order chi connectivity index (χ1) is 6.76. The maximum Gasteiger partial charge on any atom is 0.150 e. The fourth-order valence-electron chi connectivity index (χ4n) is 1.38. The molecule has 0 radical (unpaired) electrons. The molecule has 0 unspecified atom stereocenters. The number of hydrogen-bond donors (Lipinski definition) is 1. The highest BCUT2D eigenvalue weighted by atomic mass is 79.9. The van der Waals surface area contributed by atoms with Crippen LogP contribution < -0.4 is 0 Å². The average Bonchev–Trinajstić information content (AvgIpc) is 2.61. The number of aldehydes is 1. The van der Waals surface area contributed by atoms with E-state index in [1.807, 2.05) is 11.4 Å². The van der Waals surface area contributed by atoms with E-state index >= 15 is 0 Å². The standard InChI is InChI=1S/C10H7BrO2S/c11-8-1-6(3-12)2-9-10(8)7(4-13)5-14-9/h1-3,5,13H,4H2. The van der Waals surface area contributed by atoms with Gasteiger partial charge in [-0.1, -0.05) is 15.9 Å². The van der Waals surface area contributed by atoms with Gasteiger partial charge in [0.15, 0.2) is 0 Å². The lowest BCUT2D eigenvalue weighted by molar-refractivity contribution is 0.112. The maximum absolute atomic E-state index is 10.6. The Morgan fingerprint density at radius 2 is 2.29 bits per heavy atom. The van der Waals surface area contributed by atoms with Gasteiger partial charge >= 0.3 is 0 Å². The number of fused-ring (bicyclic) bond motifs is 1. The Kier molecular flexibility index (Phi) is 2.67. The number of rotatable bonds is 2. The number of benzene rings is 1. The summed E-state index contributed by atoms with van der Waals surface area (Å²) in [6, 6.07) is 3.60. The SMILES string of the molecule is O=Cc1cc(Br)c2c(CO)csc2c1. The van der Waals surface area contributed by atoms with Crippen LogP contribution in [-0.4, -0.2) is 11.4 Å². The Morgan fingerprint density at radius 3 is 2.93 bits per heavy atom. The summed E-state index contributed by atoms with van der Waals surface area (Å²) >= 11 is 4.93. The maximum atomic E-state index is 10.6. The molecule has 0 bridgehead atoms. The number of halogens is 1. The average molecular weight is 271 g/mol. The van der Waals surface area contributed by atoms with Crippen LogP contribution in [0.15, 0.2) is 22.0 Å². The lowest BCUT2D eigenvalue weighted by Gasteiger charge is -1.99. The largest absolute Gasteiger partial charge is 0.392 e. The van der Waals surface area contributed by atoms with Crippen molar-refractivity contribution < 1.29 is 9.90 Å². The molecule has 0 saturated carbocycles. The smallest absolute Gasteiger partial charge is 0.150 e. The van der Waals surface area contributed by atoms with Crippen molar-refractivity contribution in [2.24, 2.45) is 0 Å². The minimum Gasteiger partial charge on any atom is -0.392 e. The highest BCUT2D eigenvalue weighted by Gasteiger charge is 2.08. The van der Waals surface area contributed by atoms with Crippen molar-refractivity contribution in [3.05, 3.63) is 33.1 Å². The molecule has 0 spiro atoms. The molecule has 2 rings (SSSR count). The number of aliphatic hydroxyl groups is 1. The van der Waals surface area contributed by atoms with Gasteiger partial charge in [0.2, 0.25) is 0 Å². The van der Waals surface area contributed by atoms with E-state index in [0.29, 0.717) is 5.56 Å². The monoisotopic (exact) mass is 270 g/mol. The molecule has 0 fully saturated rings. The molecule has 1 heterocycles. The van der Waals surface area contributed by atoms with Crippen LogP contribution in [0.3, 0.4) is 0 Å². The predicted molar refractivity (Wildman–Crippen MR) is 60.8 cm³/mol. The quantitative estimate of drug-likeness (QED) is 0.852. The second-order valence-electron chi connectivity index (χ2n) is 2.91. The van der Waals surface area contributed by atoms with Gasteiger partial charge in [-0.25, -0.2) is 0 Å². The molecular formula is C10H7BrO2S. The summed E-state index contributed by atoms with van der Waals surface area (Å²) in [5.41, 5.74) is 1.55. The predicted octanol–water partition coefficient (Wildman–Crippen LogP) is 2.97. The molecule has 0 atom stereocenters. The van der Waals surface area contributed by atoms with Crippen molar-refractivity contribution in [3.63, 3.8) is 0 Å². The van der Waals surface area contributed by atoms with Gasteiger partial charge in [0.25, 0.3) is 0 Å². The van der Waals surface area contributed by atoms with E-state index in [9.17, 15) is 4.79 Å². The Labute approximate surface area is 93.3 Å². The number of carbonyl (C=O) groups excluding carboxylic acids is 1. The van der Waals surface area contributed by atoms with Gasteiger partial charge in [-0.3, -0.25) is 4.79 Å². The van der Waals surface area contributed by atoms with Crippen molar-refractivity contribution in [2.75, 3.05) is 0 Å². The molecule has 2 nitrogen and oxygen atoms in total. The molecule has 1 aromatic carbocycles. The van der Waals surface area contributed by atoms with Crippen molar-refractivity contribution in [1.29, 1.82) is 0 Å². The zero-order valence-electron chi connectivity index (χ0n) is 7.16. The van der Waals surface area contributed by atoms with Gasteiger partial charge in [0.05, 0.1) is 6.61 Å². The van der Waals surface area contributed by atoms with Crippen molar-refractivity contribution in [1.82, 2.24) is 0 Å². The second kappa shape index (κ2) is 3.81. The first kappa shape index (κ1) is 9.83. The first-order valence-corrected chi connectivity index (χ1v) is 5.69. The van der Waals surface area contributed by atoms with Gasteiger partial charge in [0, 0.05) is 20.1 Å². The van der Waals surface area contributed by atoms with Crippen LogP contribution in [0.4, 0.5) is 0 Å². The third-order valence-corrected chi connectivity index (χ3v) is 3.64. The normalized spacial score (nSPS) is 10.7. The number of thiophene rings is 1. The summed E-state index contributed by atoms with van der Waals surface area (Å²) < 4.78 is 1.88. The molecule has 0 aliphatic rings. The van der Waals surface area contributed by atoms with Gasteiger partial charge < -0.3 is 5.11 Å². The van der Waals surface area contributed by atoms with E-state index in [2.05, 4.69) is 15.9 Å². The third-order valence-electron chi connectivity index (χ3n) is 2.03. The summed E-state index contributed by atoms with van der Waals surface area (Å²) in [5.74, 6) is 0. The summed E-state index contributed by atoms with van der Waals surface area (Å²) in [4.78, 5) is 10.6. The zero-order valence-corrected chi connectivity index (χ0v) is 9.56. The number of carbonyl (C=O) groups is 1. The Hall–Kier alpha value is -0.710. The molecule has 0 aliphatic heterocycles. The minimum atomic E-state index is 0.0268. The van der Waals surface area contributed by atoms with Crippen molar-refractivity contribution >= 4 is 43.6 Å². The Balaban J connectivity index is 2.78.